The lowest BCUT2D eigenvalue weighted by Crippen LogP contribution is -2.14. The molecule has 4 heteroatoms. The van der Waals surface area contributed by atoms with E-state index >= 15 is 0 Å². The number of aryl methyl sites for hydroxylation is 1. The summed E-state index contributed by atoms with van der Waals surface area (Å²) >= 11 is 0. The van der Waals surface area contributed by atoms with Crippen LogP contribution < -0.4 is 0 Å². The maximum atomic E-state index is 10.1. The van der Waals surface area contributed by atoms with E-state index in [4.69, 9.17) is 4.74 Å². The van der Waals surface area contributed by atoms with Crippen LogP contribution in [-0.2, 0) is 17.7 Å². The Kier molecular flexibility index (Phi) is 5.56. The first-order valence-corrected chi connectivity index (χ1v) is 7.46. The number of ether oxygens (including phenoxy) is 1. The number of aliphatic hydroxyl groups is 1. The first-order valence-electron chi connectivity index (χ1n) is 7.46. The van der Waals surface area contributed by atoms with Gasteiger partial charge < -0.3 is 9.84 Å². The second-order valence-corrected chi connectivity index (χ2v) is 5.04. The van der Waals surface area contributed by atoms with Crippen LogP contribution in [0.15, 0.2) is 24.3 Å². The van der Waals surface area contributed by atoms with Crippen LogP contribution in [0, 0.1) is 0 Å². The fraction of sp³-hybridized carbons (Fsp3) is 0.562. The van der Waals surface area contributed by atoms with Gasteiger partial charge in [-0.05, 0) is 25.8 Å². The van der Waals surface area contributed by atoms with E-state index in [1.807, 2.05) is 16.8 Å². The molecule has 0 radical (unpaired) electrons. The number of benzene rings is 1. The Bertz CT molecular complexity index is 536. The predicted octanol–water partition coefficient (Wildman–Crippen LogP) is 2.78. The van der Waals surface area contributed by atoms with Crippen LogP contribution in [0.1, 0.15) is 32.4 Å². The quantitative estimate of drug-likeness (QED) is 0.754. The van der Waals surface area contributed by atoms with Gasteiger partial charge in [0.2, 0.25) is 0 Å². The van der Waals surface area contributed by atoms with Crippen molar-refractivity contribution in [1.29, 1.82) is 0 Å². The molecule has 0 aliphatic rings. The fourth-order valence-corrected chi connectivity index (χ4v) is 2.38. The smallest absolute Gasteiger partial charge is 0.0729 e. The molecule has 0 saturated heterocycles. The summed E-state index contributed by atoms with van der Waals surface area (Å²) in [5.74, 6) is 0. The Morgan fingerprint density at radius 2 is 2.05 bits per heavy atom. The van der Waals surface area contributed by atoms with Crippen LogP contribution in [0.5, 0.6) is 0 Å². The molecule has 1 heterocycles. The highest BCUT2D eigenvalue weighted by atomic mass is 16.5. The van der Waals surface area contributed by atoms with Crippen LogP contribution in [0.25, 0.3) is 10.9 Å². The summed E-state index contributed by atoms with van der Waals surface area (Å²) in [4.78, 5) is 0. The van der Waals surface area contributed by atoms with E-state index in [2.05, 4.69) is 31.1 Å². The van der Waals surface area contributed by atoms with Crippen LogP contribution in [0.2, 0.25) is 0 Å². The Hall–Kier alpha value is -1.39. The molecule has 1 atom stereocenters. The number of hydrogen-bond donors (Lipinski definition) is 1. The Morgan fingerprint density at radius 1 is 1.25 bits per heavy atom. The van der Waals surface area contributed by atoms with Crippen LogP contribution in [0.3, 0.4) is 0 Å². The third-order valence-corrected chi connectivity index (χ3v) is 3.41. The first-order chi connectivity index (χ1) is 9.76. The normalized spacial score (nSPS) is 12.9. The van der Waals surface area contributed by atoms with Crippen LogP contribution in [0.4, 0.5) is 0 Å². The SMILES string of the molecule is CCCOCCC(O)Cc1nn(CC)c2ccccc12. The highest BCUT2D eigenvalue weighted by molar-refractivity contribution is 5.81. The summed E-state index contributed by atoms with van der Waals surface area (Å²) < 4.78 is 7.41. The zero-order valence-electron chi connectivity index (χ0n) is 12.4. The molecule has 2 rings (SSSR count). The standard InChI is InChI=1S/C16H24N2O2/c1-3-10-20-11-9-13(19)12-15-14-7-5-6-8-16(14)18(4-2)17-15/h5-8,13,19H,3-4,9-12H2,1-2H3. The minimum absolute atomic E-state index is 0.393. The third kappa shape index (κ3) is 3.58. The van der Waals surface area contributed by atoms with Crippen molar-refractivity contribution in [3.05, 3.63) is 30.0 Å². The van der Waals surface area contributed by atoms with E-state index in [0.717, 1.165) is 36.2 Å². The lowest BCUT2D eigenvalue weighted by Gasteiger charge is -2.09. The van der Waals surface area contributed by atoms with Gasteiger partial charge in [0.25, 0.3) is 0 Å². The van der Waals surface area contributed by atoms with E-state index in [1.54, 1.807) is 0 Å². The molecule has 0 fully saturated rings. The second-order valence-electron chi connectivity index (χ2n) is 5.04. The number of aromatic nitrogens is 2. The fourth-order valence-electron chi connectivity index (χ4n) is 2.38. The van der Waals surface area contributed by atoms with E-state index in [9.17, 15) is 5.11 Å². The van der Waals surface area contributed by atoms with Crippen molar-refractivity contribution < 1.29 is 9.84 Å². The molecule has 20 heavy (non-hydrogen) atoms. The van der Waals surface area contributed by atoms with E-state index < -0.39 is 6.10 Å². The summed E-state index contributed by atoms with van der Waals surface area (Å²) in [6.45, 7) is 6.38. The van der Waals surface area contributed by atoms with E-state index in [1.165, 1.54) is 0 Å². The molecule has 1 aromatic carbocycles. The summed E-state index contributed by atoms with van der Waals surface area (Å²) in [6, 6.07) is 8.19. The van der Waals surface area contributed by atoms with E-state index in [0.29, 0.717) is 19.4 Å². The lowest BCUT2D eigenvalue weighted by atomic mass is 10.1. The van der Waals surface area contributed by atoms with Gasteiger partial charge in [-0.1, -0.05) is 25.1 Å². The van der Waals surface area contributed by atoms with Crippen molar-refractivity contribution in [1.82, 2.24) is 9.78 Å². The molecule has 1 unspecified atom stereocenters. The number of para-hydroxylation sites is 1. The maximum absolute atomic E-state index is 10.1. The summed E-state index contributed by atoms with van der Waals surface area (Å²) in [5.41, 5.74) is 2.12. The third-order valence-electron chi connectivity index (χ3n) is 3.41. The van der Waals surface area contributed by atoms with Gasteiger partial charge in [-0.25, -0.2) is 0 Å². The average Bonchev–Trinajstić information content (AvgIpc) is 2.82. The van der Waals surface area contributed by atoms with Gasteiger partial charge in [-0.15, -0.1) is 0 Å². The molecule has 0 spiro atoms. The Labute approximate surface area is 120 Å². The average molecular weight is 276 g/mol. The Balaban J connectivity index is 2.02. The predicted molar refractivity (Wildman–Crippen MR) is 80.8 cm³/mol. The minimum atomic E-state index is -0.393. The van der Waals surface area contributed by atoms with Gasteiger partial charge >= 0.3 is 0 Å². The largest absolute Gasteiger partial charge is 0.393 e. The van der Waals surface area contributed by atoms with Crippen molar-refractivity contribution in [2.45, 2.75) is 45.8 Å². The highest BCUT2D eigenvalue weighted by Crippen LogP contribution is 2.20. The molecule has 0 amide bonds. The van der Waals surface area contributed by atoms with Gasteiger partial charge in [0.1, 0.15) is 0 Å². The monoisotopic (exact) mass is 276 g/mol. The molecule has 0 saturated carbocycles. The minimum Gasteiger partial charge on any atom is -0.393 e. The Morgan fingerprint density at radius 3 is 2.80 bits per heavy atom. The van der Waals surface area contributed by atoms with Crippen molar-refractivity contribution in [2.75, 3.05) is 13.2 Å². The number of fused-ring (bicyclic) bond motifs is 1. The molecule has 4 nitrogen and oxygen atoms in total. The van der Waals surface area contributed by atoms with Crippen molar-refractivity contribution in [2.24, 2.45) is 0 Å². The molecular weight excluding hydrogens is 252 g/mol. The summed E-state index contributed by atoms with van der Waals surface area (Å²) in [6.07, 6.45) is 1.87. The number of aliphatic hydroxyl groups excluding tert-OH is 1. The molecule has 0 aliphatic carbocycles. The van der Waals surface area contributed by atoms with Gasteiger partial charge in [0.15, 0.2) is 0 Å². The van der Waals surface area contributed by atoms with Crippen LogP contribution >= 0.6 is 0 Å². The van der Waals surface area contributed by atoms with Gasteiger partial charge in [0, 0.05) is 31.6 Å². The van der Waals surface area contributed by atoms with E-state index in [-0.39, 0.29) is 0 Å². The number of hydrogen-bond acceptors (Lipinski definition) is 3. The van der Waals surface area contributed by atoms with Crippen molar-refractivity contribution in [3.8, 4) is 0 Å². The first kappa shape index (κ1) is 15.0. The zero-order chi connectivity index (χ0) is 14.4. The molecule has 1 N–H and O–H groups in total. The lowest BCUT2D eigenvalue weighted by molar-refractivity contribution is 0.0820. The van der Waals surface area contributed by atoms with Gasteiger partial charge in [0.05, 0.1) is 17.3 Å². The van der Waals surface area contributed by atoms with Crippen molar-refractivity contribution >= 4 is 10.9 Å². The van der Waals surface area contributed by atoms with Gasteiger partial charge in [-0.3, -0.25) is 4.68 Å². The zero-order valence-corrected chi connectivity index (χ0v) is 12.4. The molecule has 0 bridgehead atoms. The molecule has 1 aromatic heterocycles. The number of nitrogens with zero attached hydrogens (tertiary/aromatic N) is 2. The second kappa shape index (κ2) is 7.41. The molecule has 0 aliphatic heterocycles. The van der Waals surface area contributed by atoms with Crippen LogP contribution in [-0.4, -0.2) is 34.2 Å². The highest BCUT2D eigenvalue weighted by Gasteiger charge is 2.13. The molecule has 110 valence electrons. The summed E-state index contributed by atoms with van der Waals surface area (Å²) in [7, 11) is 0. The summed E-state index contributed by atoms with van der Waals surface area (Å²) in [5, 5.41) is 15.9. The molecular formula is C16H24N2O2. The molecule has 2 aromatic rings. The topological polar surface area (TPSA) is 47.3 Å². The maximum Gasteiger partial charge on any atom is 0.0729 e. The van der Waals surface area contributed by atoms with Crippen molar-refractivity contribution in [3.63, 3.8) is 0 Å². The number of rotatable bonds is 8. The van der Waals surface area contributed by atoms with Gasteiger partial charge in [-0.2, -0.15) is 5.10 Å².